The molecule has 1 saturated heterocycles. The number of anilines is 1. The Bertz CT molecular complexity index is 476. The highest BCUT2D eigenvalue weighted by Gasteiger charge is 2.22. The molecule has 2 rings (SSSR count). The summed E-state index contributed by atoms with van der Waals surface area (Å²) in [5.74, 6) is -1.99. The van der Waals surface area contributed by atoms with Crippen LogP contribution in [0.4, 0.5) is 20.2 Å². The van der Waals surface area contributed by atoms with Crippen molar-refractivity contribution in [3.8, 4) is 0 Å². The van der Waals surface area contributed by atoms with E-state index in [0.29, 0.717) is 18.7 Å². The molecular weight excluding hydrogens is 256 g/mol. The average molecular weight is 271 g/mol. The molecule has 0 unspecified atom stereocenters. The van der Waals surface area contributed by atoms with Crippen LogP contribution in [0.15, 0.2) is 12.1 Å². The second-order valence-corrected chi connectivity index (χ2v) is 4.55. The van der Waals surface area contributed by atoms with Gasteiger partial charge in [-0.05, 0) is 25.8 Å². The van der Waals surface area contributed by atoms with Gasteiger partial charge in [0.1, 0.15) is 11.5 Å². The van der Waals surface area contributed by atoms with E-state index >= 15 is 0 Å². The molecule has 0 radical (unpaired) electrons. The number of nitrogens with one attached hydrogen (secondary N) is 2. The van der Waals surface area contributed by atoms with Crippen molar-refractivity contribution in [3.05, 3.63) is 33.9 Å². The van der Waals surface area contributed by atoms with E-state index in [9.17, 15) is 18.9 Å². The molecule has 1 atom stereocenters. The van der Waals surface area contributed by atoms with Crippen LogP contribution in [0.5, 0.6) is 0 Å². The molecule has 104 valence electrons. The molecule has 2 N–H and O–H groups in total. The van der Waals surface area contributed by atoms with Gasteiger partial charge in [-0.2, -0.15) is 4.39 Å². The van der Waals surface area contributed by atoms with Crippen molar-refractivity contribution in [1.82, 2.24) is 5.32 Å². The van der Waals surface area contributed by atoms with E-state index in [1.165, 1.54) is 0 Å². The van der Waals surface area contributed by atoms with Crippen molar-refractivity contribution >= 4 is 11.4 Å². The zero-order valence-electron chi connectivity index (χ0n) is 10.3. The number of hydrogen-bond acceptors (Lipinski definition) is 4. The van der Waals surface area contributed by atoms with Gasteiger partial charge in [0.05, 0.1) is 4.92 Å². The van der Waals surface area contributed by atoms with Crippen LogP contribution in [0.1, 0.15) is 19.3 Å². The average Bonchev–Trinajstić information content (AvgIpc) is 2.80. The summed E-state index contributed by atoms with van der Waals surface area (Å²) < 4.78 is 26.4. The fourth-order valence-electron chi connectivity index (χ4n) is 2.27. The third-order valence-electron chi connectivity index (χ3n) is 3.18. The van der Waals surface area contributed by atoms with Crippen LogP contribution in [0.25, 0.3) is 0 Å². The standard InChI is InChI=1S/C12H15F2N3O2/c13-8-6-10(14)12(17(18)19)11(7-8)16-5-3-9-2-1-4-15-9/h6-7,9,15-16H,1-5H2/t9-/m1/s1. The molecule has 0 aliphatic carbocycles. The van der Waals surface area contributed by atoms with E-state index in [1.54, 1.807) is 0 Å². The minimum Gasteiger partial charge on any atom is -0.379 e. The van der Waals surface area contributed by atoms with Gasteiger partial charge in [0.15, 0.2) is 0 Å². The maximum atomic E-state index is 13.4. The van der Waals surface area contributed by atoms with E-state index in [4.69, 9.17) is 0 Å². The molecule has 1 heterocycles. The van der Waals surface area contributed by atoms with E-state index in [0.717, 1.165) is 31.9 Å². The number of nitro benzene ring substituents is 1. The van der Waals surface area contributed by atoms with Crippen molar-refractivity contribution in [1.29, 1.82) is 0 Å². The lowest BCUT2D eigenvalue weighted by Crippen LogP contribution is -2.24. The Labute approximate surface area is 109 Å². The van der Waals surface area contributed by atoms with E-state index < -0.39 is 22.2 Å². The summed E-state index contributed by atoms with van der Waals surface area (Å²) in [4.78, 5) is 9.92. The number of hydrogen-bond donors (Lipinski definition) is 2. The lowest BCUT2D eigenvalue weighted by Gasteiger charge is -2.12. The van der Waals surface area contributed by atoms with Gasteiger partial charge in [0.2, 0.25) is 5.82 Å². The summed E-state index contributed by atoms with van der Waals surface area (Å²) in [6.45, 7) is 1.40. The second kappa shape index (κ2) is 5.92. The van der Waals surface area contributed by atoms with Crippen LogP contribution in [-0.2, 0) is 0 Å². The van der Waals surface area contributed by atoms with Crippen molar-refractivity contribution in [3.63, 3.8) is 0 Å². The summed E-state index contributed by atoms with van der Waals surface area (Å²) in [6.07, 6.45) is 2.93. The van der Waals surface area contributed by atoms with E-state index in [1.807, 2.05) is 0 Å². The molecule has 0 bridgehead atoms. The van der Waals surface area contributed by atoms with Gasteiger partial charge in [-0.15, -0.1) is 0 Å². The summed E-state index contributed by atoms with van der Waals surface area (Å²) in [6, 6.07) is 1.83. The Balaban J connectivity index is 2.03. The SMILES string of the molecule is O=[N+]([O-])c1c(F)cc(F)cc1NCC[C@H]1CCCN1. The number of nitro groups is 1. The minimum atomic E-state index is -1.16. The normalized spacial score (nSPS) is 18.5. The lowest BCUT2D eigenvalue weighted by atomic mass is 10.1. The van der Waals surface area contributed by atoms with Crippen LogP contribution in [0.3, 0.4) is 0 Å². The third-order valence-corrected chi connectivity index (χ3v) is 3.18. The van der Waals surface area contributed by atoms with Gasteiger partial charge in [-0.3, -0.25) is 10.1 Å². The highest BCUT2D eigenvalue weighted by molar-refractivity contribution is 5.62. The zero-order chi connectivity index (χ0) is 13.8. The lowest BCUT2D eigenvalue weighted by molar-refractivity contribution is -0.386. The predicted octanol–water partition coefficient (Wildman–Crippen LogP) is 2.43. The Morgan fingerprint density at radius 3 is 2.89 bits per heavy atom. The fraction of sp³-hybridized carbons (Fsp3) is 0.500. The summed E-state index contributed by atoms with van der Waals surface area (Å²) in [7, 11) is 0. The second-order valence-electron chi connectivity index (χ2n) is 4.55. The predicted molar refractivity (Wildman–Crippen MR) is 67.1 cm³/mol. The van der Waals surface area contributed by atoms with Crippen molar-refractivity contribution in [2.45, 2.75) is 25.3 Å². The molecule has 0 amide bonds. The smallest absolute Gasteiger partial charge is 0.327 e. The highest BCUT2D eigenvalue weighted by atomic mass is 19.1. The molecule has 1 aliphatic rings. The Morgan fingerprint density at radius 2 is 2.26 bits per heavy atom. The number of benzene rings is 1. The summed E-state index contributed by atoms with van der Waals surface area (Å²) >= 11 is 0. The molecule has 0 saturated carbocycles. The molecule has 19 heavy (non-hydrogen) atoms. The molecule has 0 spiro atoms. The minimum absolute atomic E-state index is 0.111. The molecule has 5 nitrogen and oxygen atoms in total. The third kappa shape index (κ3) is 3.37. The first-order valence-electron chi connectivity index (χ1n) is 6.18. The van der Waals surface area contributed by atoms with E-state index in [2.05, 4.69) is 10.6 Å². The highest BCUT2D eigenvalue weighted by Crippen LogP contribution is 2.28. The largest absolute Gasteiger partial charge is 0.379 e. The van der Waals surface area contributed by atoms with Gasteiger partial charge >= 0.3 is 5.69 Å². The van der Waals surface area contributed by atoms with Crippen LogP contribution < -0.4 is 10.6 Å². The molecule has 7 heteroatoms. The fourth-order valence-corrected chi connectivity index (χ4v) is 2.27. The van der Waals surface area contributed by atoms with Crippen molar-refractivity contribution < 1.29 is 13.7 Å². The Kier molecular flexibility index (Phi) is 4.26. The molecule has 1 aliphatic heterocycles. The number of nitrogens with zero attached hydrogens (tertiary/aromatic N) is 1. The quantitative estimate of drug-likeness (QED) is 0.637. The van der Waals surface area contributed by atoms with Gasteiger partial charge in [0, 0.05) is 24.7 Å². The van der Waals surface area contributed by atoms with Crippen molar-refractivity contribution in [2.24, 2.45) is 0 Å². The monoisotopic (exact) mass is 271 g/mol. The Hall–Kier alpha value is -1.76. The van der Waals surface area contributed by atoms with Crippen LogP contribution >= 0.6 is 0 Å². The Morgan fingerprint density at radius 1 is 1.47 bits per heavy atom. The van der Waals surface area contributed by atoms with Gasteiger partial charge in [0.25, 0.3) is 0 Å². The van der Waals surface area contributed by atoms with E-state index in [-0.39, 0.29) is 5.69 Å². The van der Waals surface area contributed by atoms with Gasteiger partial charge < -0.3 is 10.6 Å². The molecule has 0 aromatic heterocycles. The maximum Gasteiger partial charge on any atom is 0.327 e. The summed E-state index contributed by atoms with van der Waals surface area (Å²) in [5, 5.41) is 16.8. The first-order valence-corrected chi connectivity index (χ1v) is 6.18. The number of rotatable bonds is 5. The van der Waals surface area contributed by atoms with Gasteiger partial charge in [-0.25, -0.2) is 4.39 Å². The molecular formula is C12H15F2N3O2. The van der Waals surface area contributed by atoms with Crippen molar-refractivity contribution in [2.75, 3.05) is 18.4 Å². The van der Waals surface area contributed by atoms with Gasteiger partial charge in [-0.1, -0.05) is 0 Å². The number of halogens is 2. The van der Waals surface area contributed by atoms with Crippen LogP contribution in [0, 0.1) is 21.7 Å². The molecule has 1 aromatic carbocycles. The molecule has 1 aromatic rings. The van der Waals surface area contributed by atoms with Crippen LogP contribution in [-0.4, -0.2) is 24.1 Å². The molecule has 1 fully saturated rings. The first-order chi connectivity index (χ1) is 9.08. The first kappa shape index (κ1) is 13.7. The maximum absolute atomic E-state index is 13.4. The topological polar surface area (TPSA) is 67.2 Å². The van der Waals surface area contributed by atoms with Crippen LogP contribution in [0.2, 0.25) is 0 Å². The summed E-state index contributed by atoms with van der Waals surface area (Å²) in [5.41, 5.74) is -0.818. The zero-order valence-corrected chi connectivity index (χ0v) is 10.3.